The zero-order valence-corrected chi connectivity index (χ0v) is 13.2. The van der Waals surface area contributed by atoms with Crippen molar-refractivity contribution in [2.24, 2.45) is 16.1 Å². The van der Waals surface area contributed by atoms with Gasteiger partial charge in [-0.1, -0.05) is 0 Å². The Balaban J connectivity index is 5.00. The number of rotatable bonds is 10. The molecule has 0 saturated carbocycles. The second-order valence-electron chi connectivity index (χ2n) is 4.63. The molecule has 0 spiro atoms. The van der Waals surface area contributed by atoms with Gasteiger partial charge in [-0.25, -0.2) is 0 Å². The molecule has 0 aliphatic carbocycles. The van der Waals surface area contributed by atoms with Gasteiger partial charge in [0, 0.05) is 0 Å². The van der Waals surface area contributed by atoms with E-state index in [1.54, 1.807) is 0 Å². The van der Waals surface area contributed by atoms with Crippen LogP contribution in [-0.2, 0) is 19.1 Å². The zero-order chi connectivity index (χ0) is 16.3. The summed E-state index contributed by atoms with van der Waals surface area (Å²) in [6.45, 7) is 7.84. The van der Waals surface area contributed by atoms with Crippen LogP contribution in [0.15, 0.2) is 10.1 Å². The van der Waals surface area contributed by atoms with E-state index < -0.39 is 11.5 Å². The van der Waals surface area contributed by atoms with Gasteiger partial charge < -0.3 is 0 Å². The normalized spacial score (nSPS) is 15.0. The van der Waals surface area contributed by atoms with E-state index in [4.69, 9.17) is 4.74 Å². The van der Waals surface area contributed by atoms with E-state index in [0.29, 0.717) is 13.0 Å². The number of nitrogens with one attached hydrogen (secondary N) is 1. The van der Waals surface area contributed by atoms with Gasteiger partial charge in [0.2, 0.25) is 0 Å². The van der Waals surface area contributed by atoms with Crippen molar-refractivity contribution in [3.05, 3.63) is 0 Å². The average molecular weight is 297 g/mol. The Bertz CT molecular complexity index is 390. The summed E-state index contributed by atoms with van der Waals surface area (Å²) in [5.41, 5.74) is -1.08. The van der Waals surface area contributed by atoms with Crippen LogP contribution in [0.2, 0.25) is 0 Å². The zero-order valence-electron chi connectivity index (χ0n) is 13.2. The van der Waals surface area contributed by atoms with Crippen LogP contribution in [0.1, 0.15) is 26.7 Å². The Morgan fingerprint density at radius 3 is 2.52 bits per heavy atom. The van der Waals surface area contributed by atoms with Crippen molar-refractivity contribution in [1.82, 2.24) is 5.32 Å². The molecule has 0 aromatic rings. The SMILES string of the molecule is C=BN=N[C@](CCNCC(=O)OC)(C(=O)OC)C(C)CC. The fraction of sp³-hybridized carbons (Fsp3) is 0.769. The van der Waals surface area contributed by atoms with E-state index in [9.17, 15) is 9.59 Å². The first-order valence-corrected chi connectivity index (χ1v) is 6.87. The number of esters is 2. The van der Waals surface area contributed by atoms with Gasteiger partial charge in [0.05, 0.1) is 0 Å². The summed E-state index contributed by atoms with van der Waals surface area (Å²) in [4.78, 5) is 23.3. The van der Waals surface area contributed by atoms with Gasteiger partial charge in [-0.3, -0.25) is 0 Å². The topological polar surface area (TPSA) is 89.4 Å². The van der Waals surface area contributed by atoms with Crippen molar-refractivity contribution in [2.75, 3.05) is 27.3 Å². The molecule has 0 amide bonds. The first kappa shape index (κ1) is 19.4. The van der Waals surface area contributed by atoms with Crippen molar-refractivity contribution >= 4 is 25.5 Å². The molecule has 0 radical (unpaired) electrons. The number of hydrogen-bond donors (Lipinski definition) is 1. The van der Waals surface area contributed by atoms with Crippen molar-refractivity contribution in [3.8, 4) is 0 Å². The standard InChI is InChI=1S/C13H24BN3O4/c1-6-10(2)13(12(19)21-5,16-17-14-3)7-8-15-9-11(18)20-4/h10,15H,3,6-9H2,1-2,4-5H3/t10?,13-/m0/s1. The van der Waals surface area contributed by atoms with Gasteiger partial charge in [-0.05, 0) is 0 Å². The molecular weight excluding hydrogens is 273 g/mol. The first-order valence-electron chi connectivity index (χ1n) is 6.87. The summed E-state index contributed by atoms with van der Waals surface area (Å²) in [6, 6.07) is 0. The monoisotopic (exact) mass is 297 g/mol. The average Bonchev–Trinajstić information content (AvgIpc) is 2.52. The van der Waals surface area contributed by atoms with Gasteiger partial charge in [0.1, 0.15) is 0 Å². The molecule has 0 bridgehead atoms. The minimum absolute atomic E-state index is 0.0615. The number of ether oxygens (including phenoxy) is 2. The number of nitrogens with zero attached hydrogens (tertiary/aromatic N) is 2. The molecule has 0 aromatic heterocycles. The quantitative estimate of drug-likeness (QED) is 0.276. The van der Waals surface area contributed by atoms with Crippen molar-refractivity contribution < 1.29 is 19.1 Å². The van der Waals surface area contributed by atoms with Crippen LogP contribution in [-0.4, -0.2) is 58.3 Å². The molecule has 118 valence electrons. The Morgan fingerprint density at radius 1 is 1.38 bits per heavy atom. The summed E-state index contributed by atoms with van der Waals surface area (Å²) >= 11 is 0. The molecule has 0 aromatic carbocycles. The molecule has 0 aliphatic rings. The van der Waals surface area contributed by atoms with Crippen LogP contribution in [0.4, 0.5) is 0 Å². The third-order valence-corrected chi connectivity index (χ3v) is 3.46. The molecule has 7 nitrogen and oxygen atoms in total. The fourth-order valence-corrected chi connectivity index (χ4v) is 1.94. The fourth-order valence-electron chi connectivity index (χ4n) is 1.94. The van der Waals surface area contributed by atoms with Crippen LogP contribution in [0.5, 0.6) is 0 Å². The molecular formula is C13H24BN3O4. The number of hydrogen-bond acceptors (Lipinski definition) is 7. The molecule has 0 aliphatic heterocycles. The molecule has 0 rings (SSSR count). The van der Waals surface area contributed by atoms with Crippen LogP contribution in [0.3, 0.4) is 0 Å². The summed E-state index contributed by atoms with van der Waals surface area (Å²) in [7, 11) is 3.92. The van der Waals surface area contributed by atoms with Gasteiger partial charge >= 0.3 is 125 Å². The van der Waals surface area contributed by atoms with Crippen LogP contribution >= 0.6 is 0 Å². The maximum atomic E-state index is 12.2. The molecule has 0 fully saturated rings. The van der Waals surface area contributed by atoms with E-state index in [2.05, 4.69) is 26.7 Å². The third-order valence-electron chi connectivity index (χ3n) is 3.46. The second-order valence-corrected chi connectivity index (χ2v) is 4.63. The summed E-state index contributed by atoms with van der Waals surface area (Å²) in [6.07, 6.45) is 1.10. The van der Waals surface area contributed by atoms with E-state index in [1.165, 1.54) is 21.3 Å². The van der Waals surface area contributed by atoms with Gasteiger partial charge in [0.15, 0.2) is 0 Å². The van der Waals surface area contributed by atoms with Crippen LogP contribution in [0, 0.1) is 5.92 Å². The number of carbonyl (C=O) groups excluding carboxylic acids is 2. The van der Waals surface area contributed by atoms with E-state index in [-0.39, 0.29) is 18.4 Å². The van der Waals surface area contributed by atoms with Gasteiger partial charge in [0.25, 0.3) is 0 Å². The third kappa shape index (κ3) is 5.75. The van der Waals surface area contributed by atoms with Crippen molar-refractivity contribution in [2.45, 2.75) is 32.2 Å². The molecule has 0 heterocycles. The Labute approximate surface area is 126 Å². The summed E-state index contributed by atoms with van der Waals surface area (Å²) in [5.74, 6) is -0.870. The number of carbonyl (C=O) groups is 2. The van der Waals surface area contributed by atoms with E-state index in [1.807, 2.05) is 13.8 Å². The Hall–Kier alpha value is -1.57. The Morgan fingerprint density at radius 2 is 2.05 bits per heavy atom. The van der Waals surface area contributed by atoms with Crippen LogP contribution in [0.25, 0.3) is 0 Å². The predicted octanol–water partition coefficient (Wildman–Crippen LogP) is 0.600. The van der Waals surface area contributed by atoms with Crippen LogP contribution < -0.4 is 5.32 Å². The maximum absolute atomic E-state index is 12.2. The Kier molecular flexibility index (Phi) is 9.44. The minimum atomic E-state index is -1.08. The number of methoxy groups -OCH3 is 2. The molecule has 0 saturated heterocycles. The van der Waals surface area contributed by atoms with Gasteiger partial charge in [-0.2, -0.15) is 0 Å². The molecule has 1 unspecified atom stereocenters. The summed E-state index contributed by atoms with van der Waals surface area (Å²) < 4.78 is 9.42. The second kappa shape index (κ2) is 10.2. The molecule has 8 heteroatoms. The molecule has 21 heavy (non-hydrogen) atoms. The predicted molar refractivity (Wildman–Crippen MR) is 81.4 cm³/mol. The first-order chi connectivity index (χ1) is 9.98. The van der Waals surface area contributed by atoms with Crippen molar-refractivity contribution in [3.63, 3.8) is 0 Å². The molecule has 1 N–H and O–H groups in total. The van der Waals surface area contributed by atoms with Crippen molar-refractivity contribution in [1.29, 1.82) is 0 Å². The summed E-state index contributed by atoms with van der Waals surface area (Å²) in [5, 5.41) is 10.8. The van der Waals surface area contributed by atoms with E-state index in [0.717, 1.165) is 6.42 Å². The van der Waals surface area contributed by atoms with Gasteiger partial charge in [-0.15, -0.1) is 0 Å². The molecule has 2 atom stereocenters. The van der Waals surface area contributed by atoms with E-state index >= 15 is 0 Å².